The van der Waals surface area contributed by atoms with Gasteiger partial charge in [0.15, 0.2) is 0 Å². The van der Waals surface area contributed by atoms with Gasteiger partial charge in [0.2, 0.25) is 0 Å². The van der Waals surface area contributed by atoms with Crippen LogP contribution in [-0.4, -0.2) is 13.2 Å². The highest BCUT2D eigenvalue weighted by molar-refractivity contribution is 7.99. The van der Waals surface area contributed by atoms with Crippen LogP contribution in [0.3, 0.4) is 0 Å². The predicted molar refractivity (Wildman–Crippen MR) is 85.9 cm³/mol. The minimum absolute atomic E-state index is 0.118. The van der Waals surface area contributed by atoms with E-state index < -0.39 is 0 Å². The number of benzene rings is 2. The molecule has 0 amide bonds. The van der Waals surface area contributed by atoms with Crippen molar-refractivity contribution < 1.29 is 4.74 Å². The third kappa shape index (κ3) is 4.17. The molecule has 2 aromatic rings. The Labute approximate surface area is 129 Å². The molecule has 2 nitrogen and oxygen atoms in total. The van der Waals surface area contributed by atoms with Gasteiger partial charge in [-0.2, -0.15) is 0 Å². The molecule has 0 spiro atoms. The van der Waals surface area contributed by atoms with E-state index in [1.807, 2.05) is 37.3 Å². The van der Waals surface area contributed by atoms with Crippen LogP contribution in [-0.2, 0) is 6.42 Å². The number of nitrogens with two attached hydrogens (primary N) is 1. The number of hydrogen-bond donors (Lipinski definition) is 1. The van der Waals surface area contributed by atoms with Crippen molar-refractivity contribution in [3.63, 3.8) is 0 Å². The first kappa shape index (κ1) is 15.2. The second-order valence-corrected chi connectivity index (χ2v) is 6.27. The van der Waals surface area contributed by atoms with Crippen LogP contribution in [0.5, 0.6) is 5.75 Å². The number of methoxy groups -OCH3 is 1. The van der Waals surface area contributed by atoms with Crippen LogP contribution in [0.4, 0.5) is 0 Å². The fraction of sp³-hybridized carbons (Fsp3) is 0.250. The number of ether oxygens (including phenoxy) is 1. The van der Waals surface area contributed by atoms with Crippen LogP contribution in [0, 0.1) is 0 Å². The lowest BCUT2D eigenvalue weighted by atomic mass is 10.1. The predicted octanol–water partition coefficient (Wildman–Crippen LogP) is 4.39. The molecular formula is C16H18ClNOS. The standard InChI is InChI=1S/C16H18ClNOS/c1-11(18)9-12-3-6-15(10-16(12)17)20-14-7-4-13(19-2)5-8-14/h3-8,10-11H,9,18H2,1-2H3. The Hall–Kier alpha value is -1.16. The lowest BCUT2D eigenvalue weighted by Crippen LogP contribution is -2.17. The average Bonchev–Trinajstić information content (AvgIpc) is 2.42. The molecular weight excluding hydrogens is 290 g/mol. The molecule has 0 aliphatic carbocycles. The van der Waals surface area contributed by atoms with E-state index in [1.54, 1.807) is 18.9 Å². The summed E-state index contributed by atoms with van der Waals surface area (Å²) >= 11 is 7.98. The molecule has 1 unspecified atom stereocenters. The first-order valence-electron chi connectivity index (χ1n) is 6.44. The summed E-state index contributed by atoms with van der Waals surface area (Å²) in [5.41, 5.74) is 6.90. The summed E-state index contributed by atoms with van der Waals surface area (Å²) < 4.78 is 5.15. The molecule has 0 saturated heterocycles. The van der Waals surface area contributed by atoms with Crippen molar-refractivity contribution in [2.45, 2.75) is 29.2 Å². The maximum Gasteiger partial charge on any atom is 0.118 e. The average molecular weight is 308 g/mol. The van der Waals surface area contributed by atoms with Crippen LogP contribution in [0.2, 0.25) is 5.02 Å². The van der Waals surface area contributed by atoms with Crippen molar-refractivity contribution in [1.82, 2.24) is 0 Å². The summed E-state index contributed by atoms with van der Waals surface area (Å²) in [6, 6.07) is 14.2. The molecule has 106 valence electrons. The van der Waals surface area contributed by atoms with Gasteiger partial charge in [0.1, 0.15) is 5.75 Å². The molecule has 4 heteroatoms. The van der Waals surface area contributed by atoms with Gasteiger partial charge >= 0.3 is 0 Å². The second-order valence-electron chi connectivity index (χ2n) is 4.71. The van der Waals surface area contributed by atoms with Crippen LogP contribution < -0.4 is 10.5 Å². The molecule has 0 saturated carbocycles. The summed E-state index contributed by atoms with van der Waals surface area (Å²) in [7, 11) is 1.67. The topological polar surface area (TPSA) is 35.2 Å². The van der Waals surface area contributed by atoms with Crippen molar-refractivity contribution in [1.29, 1.82) is 0 Å². The van der Waals surface area contributed by atoms with E-state index in [9.17, 15) is 0 Å². The van der Waals surface area contributed by atoms with Gasteiger partial charge in [0.05, 0.1) is 7.11 Å². The van der Waals surface area contributed by atoms with Crippen molar-refractivity contribution in [2.24, 2.45) is 5.73 Å². The molecule has 2 aromatic carbocycles. The lowest BCUT2D eigenvalue weighted by Gasteiger charge is -2.09. The maximum atomic E-state index is 6.30. The van der Waals surface area contributed by atoms with E-state index in [4.69, 9.17) is 22.1 Å². The highest BCUT2D eigenvalue weighted by Gasteiger charge is 2.06. The van der Waals surface area contributed by atoms with Gasteiger partial charge in [0.25, 0.3) is 0 Å². The lowest BCUT2D eigenvalue weighted by molar-refractivity contribution is 0.414. The Morgan fingerprint density at radius 3 is 2.35 bits per heavy atom. The van der Waals surface area contributed by atoms with Gasteiger partial charge in [-0.25, -0.2) is 0 Å². The Balaban J connectivity index is 2.11. The van der Waals surface area contributed by atoms with Crippen molar-refractivity contribution in [2.75, 3.05) is 7.11 Å². The van der Waals surface area contributed by atoms with Crippen molar-refractivity contribution >= 4 is 23.4 Å². The molecule has 0 radical (unpaired) electrons. The van der Waals surface area contributed by atoms with Crippen molar-refractivity contribution in [3.8, 4) is 5.75 Å². The smallest absolute Gasteiger partial charge is 0.118 e. The molecule has 0 aliphatic heterocycles. The fourth-order valence-corrected chi connectivity index (χ4v) is 3.06. The van der Waals surface area contributed by atoms with Gasteiger partial charge in [-0.15, -0.1) is 0 Å². The number of halogens is 1. The minimum Gasteiger partial charge on any atom is -0.497 e. The van der Waals surface area contributed by atoms with Crippen molar-refractivity contribution in [3.05, 3.63) is 53.1 Å². The zero-order chi connectivity index (χ0) is 14.5. The molecule has 0 heterocycles. The minimum atomic E-state index is 0.118. The largest absolute Gasteiger partial charge is 0.497 e. The fourth-order valence-electron chi connectivity index (χ4n) is 1.88. The van der Waals surface area contributed by atoms with E-state index in [2.05, 4.69) is 12.1 Å². The molecule has 0 fully saturated rings. The quantitative estimate of drug-likeness (QED) is 0.890. The summed E-state index contributed by atoms with van der Waals surface area (Å²) in [5, 5.41) is 0.779. The molecule has 2 N–H and O–H groups in total. The second kappa shape index (κ2) is 7.02. The molecule has 0 aromatic heterocycles. The third-order valence-corrected chi connectivity index (χ3v) is 4.21. The highest BCUT2D eigenvalue weighted by atomic mass is 35.5. The highest BCUT2D eigenvalue weighted by Crippen LogP contribution is 2.32. The summed E-state index contributed by atoms with van der Waals surface area (Å²) in [4.78, 5) is 2.27. The Morgan fingerprint density at radius 2 is 1.80 bits per heavy atom. The van der Waals surface area contributed by atoms with E-state index >= 15 is 0 Å². The normalized spacial score (nSPS) is 12.2. The first-order valence-corrected chi connectivity index (χ1v) is 7.64. The van der Waals surface area contributed by atoms with Gasteiger partial charge < -0.3 is 10.5 Å². The monoisotopic (exact) mass is 307 g/mol. The van der Waals surface area contributed by atoms with Crippen LogP contribution >= 0.6 is 23.4 Å². The maximum absolute atomic E-state index is 6.30. The first-order chi connectivity index (χ1) is 9.58. The van der Waals surface area contributed by atoms with E-state index in [1.165, 1.54) is 0 Å². The zero-order valence-corrected chi connectivity index (χ0v) is 13.2. The summed E-state index contributed by atoms with van der Waals surface area (Å²) in [6.45, 7) is 1.98. The number of rotatable bonds is 5. The molecule has 1 atom stereocenters. The van der Waals surface area contributed by atoms with E-state index in [0.717, 1.165) is 32.5 Å². The van der Waals surface area contributed by atoms with Gasteiger partial charge in [-0.05, 0) is 55.3 Å². The van der Waals surface area contributed by atoms with Gasteiger partial charge in [-0.1, -0.05) is 29.4 Å². The SMILES string of the molecule is COc1ccc(Sc2ccc(CC(C)N)c(Cl)c2)cc1. The van der Waals surface area contributed by atoms with Gasteiger partial charge in [0, 0.05) is 20.9 Å². The number of hydrogen-bond acceptors (Lipinski definition) is 3. The Kier molecular flexibility index (Phi) is 5.35. The molecule has 0 aliphatic rings. The molecule has 20 heavy (non-hydrogen) atoms. The summed E-state index contributed by atoms with van der Waals surface area (Å²) in [5.74, 6) is 0.861. The Bertz CT molecular complexity index is 569. The molecule has 0 bridgehead atoms. The van der Waals surface area contributed by atoms with Crippen LogP contribution in [0.25, 0.3) is 0 Å². The van der Waals surface area contributed by atoms with E-state index in [0.29, 0.717) is 0 Å². The summed E-state index contributed by atoms with van der Waals surface area (Å²) in [6.07, 6.45) is 0.798. The van der Waals surface area contributed by atoms with Gasteiger partial charge in [-0.3, -0.25) is 0 Å². The molecule has 2 rings (SSSR count). The van der Waals surface area contributed by atoms with E-state index in [-0.39, 0.29) is 6.04 Å². The van der Waals surface area contributed by atoms with Crippen LogP contribution in [0.15, 0.2) is 52.3 Å². The van der Waals surface area contributed by atoms with Crippen LogP contribution in [0.1, 0.15) is 12.5 Å². The Morgan fingerprint density at radius 1 is 1.15 bits per heavy atom. The zero-order valence-electron chi connectivity index (χ0n) is 11.6. The third-order valence-electron chi connectivity index (χ3n) is 2.86.